The average molecular weight is 286 g/mol. The van der Waals surface area contributed by atoms with Crippen LogP contribution in [-0.4, -0.2) is 17.1 Å². The second-order valence-corrected chi connectivity index (χ2v) is 8.03. The first-order chi connectivity index (χ1) is 10.0. The van der Waals surface area contributed by atoms with Crippen molar-refractivity contribution in [3.05, 3.63) is 29.6 Å². The van der Waals surface area contributed by atoms with Crippen LogP contribution in [0.3, 0.4) is 0 Å². The Kier molecular flexibility index (Phi) is 4.35. The van der Waals surface area contributed by atoms with Crippen molar-refractivity contribution >= 4 is 0 Å². The van der Waals surface area contributed by atoms with Crippen LogP contribution in [0.15, 0.2) is 18.3 Å². The van der Waals surface area contributed by atoms with Crippen molar-refractivity contribution < 1.29 is 0 Å². The van der Waals surface area contributed by atoms with Crippen LogP contribution >= 0.6 is 0 Å². The topological polar surface area (TPSA) is 24.9 Å². The van der Waals surface area contributed by atoms with Crippen LogP contribution in [-0.2, 0) is 6.42 Å². The van der Waals surface area contributed by atoms with E-state index in [1.807, 2.05) is 6.20 Å². The molecule has 0 amide bonds. The lowest BCUT2D eigenvalue weighted by atomic mass is 9.74. The number of pyridine rings is 1. The first kappa shape index (κ1) is 15.0. The molecule has 0 spiro atoms. The van der Waals surface area contributed by atoms with Gasteiger partial charge < -0.3 is 5.32 Å². The monoisotopic (exact) mass is 286 g/mol. The predicted octanol–water partition coefficient (Wildman–Crippen LogP) is 4.31. The van der Waals surface area contributed by atoms with E-state index in [0.29, 0.717) is 5.92 Å². The van der Waals surface area contributed by atoms with Crippen molar-refractivity contribution in [1.82, 2.24) is 10.3 Å². The number of aromatic nitrogens is 1. The molecule has 1 saturated carbocycles. The highest BCUT2D eigenvalue weighted by Crippen LogP contribution is 2.45. The van der Waals surface area contributed by atoms with Gasteiger partial charge in [-0.15, -0.1) is 0 Å². The summed E-state index contributed by atoms with van der Waals surface area (Å²) in [5.41, 5.74) is 3.18. The smallest absolute Gasteiger partial charge is 0.0469 e. The summed E-state index contributed by atoms with van der Waals surface area (Å²) in [5, 5.41) is 3.74. The normalized spacial score (nSPS) is 29.4. The van der Waals surface area contributed by atoms with Crippen LogP contribution in [0.25, 0.3) is 0 Å². The molecule has 0 radical (unpaired) electrons. The molecule has 3 unspecified atom stereocenters. The maximum atomic E-state index is 4.77. The summed E-state index contributed by atoms with van der Waals surface area (Å²) < 4.78 is 0. The van der Waals surface area contributed by atoms with E-state index in [0.717, 1.165) is 11.8 Å². The molecule has 21 heavy (non-hydrogen) atoms. The minimum absolute atomic E-state index is 0.232. The zero-order valence-corrected chi connectivity index (χ0v) is 13.9. The maximum Gasteiger partial charge on any atom is 0.0469 e. The van der Waals surface area contributed by atoms with E-state index >= 15 is 0 Å². The minimum atomic E-state index is 0.232. The van der Waals surface area contributed by atoms with Crippen LogP contribution in [0.5, 0.6) is 0 Å². The molecule has 2 aliphatic rings. The number of aryl methyl sites for hydroxylation is 1. The van der Waals surface area contributed by atoms with Gasteiger partial charge in [-0.25, -0.2) is 0 Å². The quantitative estimate of drug-likeness (QED) is 0.896. The van der Waals surface area contributed by atoms with E-state index in [2.05, 4.69) is 38.2 Å². The molecule has 3 atom stereocenters. The second kappa shape index (κ2) is 6.08. The molecule has 1 aromatic heterocycles. The van der Waals surface area contributed by atoms with Gasteiger partial charge in [0.2, 0.25) is 0 Å². The molecule has 1 N–H and O–H groups in total. The molecule has 0 saturated heterocycles. The Morgan fingerprint density at radius 1 is 1.19 bits per heavy atom. The molecule has 1 fully saturated rings. The Bertz CT molecular complexity index is 475. The van der Waals surface area contributed by atoms with Crippen molar-refractivity contribution in [2.24, 2.45) is 11.8 Å². The van der Waals surface area contributed by atoms with Gasteiger partial charge >= 0.3 is 0 Å². The van der Waals surface area contributed by atoms with E-state index < -0.39 is 0 Å². The lowest BCUT2D eigenvalue weighted by Crippen LogP contribution is -2.40. The van der Waals surface area contributed by atoms with E-state index in [1.165, 1.54) is 56.3 Å². The van der Waals surface area contributed by atoms with Crippen molar-refractivity contribution in [3.8, 4) is 0 Å². The number of hydrogen-bond donors (Lipinski definition) is 1. The average Bonchev–Trinajstić information content (AvgIpc) is 2.92. The molecular formula is C19H30N2. The molecule has 2 aliphatic carbocycles. The standard InChI is InChI=1S/C19H30N2/c1-19(2,3)21-13-15-8-5-10-16(15)17-11-4-7-14-9-6-12-20-18(14)17/h6,9,12,15-17,21H,4-5,7-8,10-11,13H2,1-3H3. The van der Waals surface area contributed by atoms with Crippen molar-refractivity contribution in [2.45, 2.75) is 70.8 Å². The summed E-state index contributed by atoms with van der Waals surface area (Å²) in [4.78, 5) is 4.77. The molecule has 2 heteroatoms. The van der Waals surface area contributed by atoms with Crippen LogP contribution in [0, 0.1) is 11.8 Å². The zero-order valence-electron chi connectivity index (χ0n) is 13.9. The minimum Gasteiger partial charge on any atom is -0.312 e. The van der Waals surface area contributed by atoms with Crippen LogP contribution < -0.4 is 5.32 Å². The Hall–Kier alpha value is -0.890. The summed E-state index contributed by atoms with van der Waals surface area (Å²) >= 11 is 0. The molecule has 3 rings (SSSR count). The number of rotatable bonds is 3. The molecule has 116 valence electrons. The summed E-state index contributed by atoms with van der Waals surface area (Å²) in [5.74, 6) is 2.39. The molecule has 0 bridgehead atoms. The first-order valence-electron chi connectivity index (χ1n) is 8.73. The zero-order chi connectivity index (χ0) is 14.9. The van der Waals surface area contributed by atoms with Gasteiger partial charge in [0.25, 0.3) is 0 Å². The fourth-order valence-corrected chi connectivity index (χ4v) is 4.35. The number of fused-ring (bicyclic) bond motifs is 1. The SMILES string of the molecule is CC(C)(C)NCC1CCCC1C1CCCc2cccnc21. The number of hydrogen-bond acceptors (Lipinski definition) is 2. The summed E-state index contributed by atoms with van der Waals surface area (Å²) in [6.45, 7) is 7.99. The molecule has 2 nitrogen and oxygen atoms in total. The Morgan fingerprint density at radius 3 is 2.86 bits per heavy atom. The molecule has 1 aromatic rings. The van der Waals surface area contributed by atoms with Gasteiger partial charge in [0.05, 0.1) is 0 Å². The Labute approximate surface area is 129 Å². The van der Waals surface area contributed by atoms with Gasteiger partial charge in [0.15, 0.2) is 0 Å². The molecular weight excluding hydrogens is 256 g/mol. The highest BCUT2D eigenvalue weighted by Gasteiger charge is 2.37. The van der Waals surface area contributed by atoms with Gasteiger partial charge in [-0.3, -0.25) is 4.98 Å². The van der Waals surface area contributed by atoms with E-state index in [1.54, 1.807) is 0 Å². The molecule has 0 aromatic carbocycles. The summed E-state index contributed by atoms with van der Waals surface area (Å²) in [7, 11) is 0. The Morgan fingerprint density at radius 2 is 2.05 bits per heavy atom. The Balaban J connectivity index is 1.74. The lowest BCUT2D eigenvalue weighted by Gasteiger charge is -2.34. The maximum absolute atomic E-state index is 4.77. The number of nitrogens with one attached hydrogen (secondary N) is 1. The summed E-state index contributed by atoms with van der Waals surface area (Å²) in [6, 6.07) is 4.40. The summed E-state index contributed by atoms with van der Waals surface area (Å²) in [6.07, 6.45) is 10.1. The predicted molar refractivity (Wildman–Crippen MR) is 88.5 cm³/mol. The second-order valence-electron chi connectivity index (χ2n) is 8.03. The van der Waals surface area contributed by atoms with E-state index in [9.17, 15) is 0 Å². The van der Waals surface area contributed by atoms with Gasteiger partial charge in [-0.05, 0) is 82.9 Å². The van der Waals surface area contributed by atoms with Crippen LogP contribution in [0.2, 0.25) is 0 Å². The van der Waals surface area contributed by atoms with E-state index in [4.69, 9.17) is 4.98 Å². The van der Waals surface area contributed by atoms with Crippen LogP contribution in [0.4, 0.5) is 0 Å². The van der Waals surface area contributed by atoms with E-state index in [-0.39, 0.29) is 5.54 Å². The first-order valence-corrected chi connectivity index (χ1v) is 8.73. The molecule has 0 aliphatic heterocycles. The van der Waals surface area contributed by atoms with Gasteiger partial charge in [0.1, 0.15) is 0 Å². The highest BCUT2D eigenvalue weighted by molar-refractivity contribution is 5.27. The van der Waals surface area contributed by atoms with Gasteiger partial charge in [-0.2, -0.15) is 0 Å². The van der Waals surface area contributed by atoms with Gasteiger partial charge in [0, 0.05) is 23.3 Å². The third kappa shape index (κ3) is 3.48. The van der Waals surface area contributed by atoms with Gasteiger partial charge in [-0.1, -0.05) is 12.5 Å². The van der Waals surface area contributed by atoms with Crippen molar-refractivity contribution in [2.75, 3.05) is 6.54 Å². The van der Waals surface area contributed by atoms with Crippen LogP contribution in [0.1, 0.15) is 70.1 Å². The fourth-order valence-electron chi connectivity index (χ4n) is 4.35. The number of nitrogens with zero attached hydrogens (tertiary/aromatic N) is 1. The fraction of sp³-hybridized carbons (Fsp3) is 0.737. The van der Waals surface area contributed by atoms with Crippen molar-refractivity contribution in [3.63, 3.8) is 0 Å². The third-order valence-electron chi connectivity index (χ3n) is 5.37. The van der Waals surface area contributed by atoms with Crippen molar-refractivity contribution in [1.29, 1.82) is 0 Å². The largest absolute Gasteiger partial charge is 0.312 e. The lowest BCUT2D eigenvalue weighted by molar-refractivity contribution is 0.265. The third-order valence-corrected chi connectivity index (χ3v) is 5.37. The highest BCUT2D eigenvalue weighted by atomic mass is 14.9. The molecule has 1 heterocycles.